The van der Waals surface area contributed by atoms with Crippen molar-refractivity contribution in [2.45, 2.75) is 13.8 Å². The van der Waals surface area contributed by atoms with Crippen LogP contribution in [0.15, 0.2) is 32.5 Å². The number of methoxy groups -OCH3 is 1. The van der Waals surface area contributed by atoms with Crippen LogP contribution in [0.5, 0.6) is 0 Å². The third kappa shape index (κ3) is 6.00. The normalized spacial score (nSPS) is 10.7. The molecule has 0 spiro atoms. The smallest absolute Gasteiger partial charge is 0.220 e. The highest BCUT2D eigenvalue weighted by atomic mass is 79.9. The van der Waals surface area contributed by atoms with Gasteiger partial charge in [-0.2, -0.15) is 0 Å². The third-order valence-corrected chi connectivity index (χ3v) is 3.60. The summed E-state index contributed by atoms with van der Waals surface area (Å²) in [5.74, 6) is -0.206. The van der Waals surface area contributed by atoms with Crippen LogP contribution < -0.4 is 10.2 Å². The van der Waals surface area contributed by atoms with Crippen molar-refractivity contribution < 1.29 is 23.4 Å². The van der Waals surface area contributed by atoms with E-state index in [0.717, 1.165) is 4.90 Å². The Morgan fingerprint density at radius 1 is 1.41 bits per heavy atom. The van der Waals surface area contributed by atoms with E-state index < -0.39 is 5.82 Å². The second kappa shape index (κ2) is 12.0. The summed E-state index contributed by atoms with van der Waals surface area (Å²) in [6, 6.07) is 4.03. The highest BCUT2D eigenvalue weighted by Gasteiger charge is 2.25. The highest BCUT2D eigenvalue weighted by molar-refractivity contribution is 9.10. The number of hydrogen-bond acceptors (Lipinski definition) is 8. The van der Waals surface area contributed by atoms with Crippen molar-refractivity contribution in [2.24, 2.45) is 5.16 Å². The average molecular weight is 446 g/mol. The average Bonchev–Trinajstić information content (AvgIpc) is 3.14. The van der Waals surface area contributed by atoms with Gasteiger partial charge >= 0.3 is 0 Å². The number of aromatic nitrogens is 2. The minimum atomic E-state index is -0.468. The van der Waals surface area contributed by atoms with Gasteiger partial charge in [0.2, 0.25) is 18.1 Å². The number of hydrogen-bond donors (Lipinski definition) is 1. The zero-order valence-corrected chi connectivity index (χ0v) is 17.0. The molecule has 2 rings (SSSR count). The maximum absolute atomic E-state index is 13.5. The number of amides is 1. The zero-order chi connectivity index (χ0) is 20.2. The van der Waals surface area contributed by atoms with Crippen molar-refractivity contribution in [3.05, 3.63) is 34.2 Å². The highest BCUT2D eigenvalue weighted by Crippen LogP contribution is 2.25. The van der Waals surface area contributed by atoms with E-state index in [9.17, 15) is 9.18 Å². The van der Waals surface area contributed by atoms with Crippen LogP contribution in [0.1, 0.15) is 19.5 Å². The largest absolute Gasteiger partial charge is 0.397 e. The monoisotopic (exact) mass is 445 g/mol. The molecule has 0 saturated heterocycles. The number of amidine groups is 1. The van der Waals surface area contributed by atoms with Crippen molar-refractivity contribution >= 4 is 39.7 Å². The van der Waals surface area contributed by atoms with Gasteiger partial charge in [-0.25, -0.2) is 9.02 Å². The second-order valence-corrected chi connectivity index (χ2v) is 5.41. The maximum Gasteiger partial charge on any atom is 0.220 e. The summed E-state index contributed by atoms with van der Waals surface area (Å²) in [4.78, 5) is 17.6. The third-order valence-electron chi connectivity index (χ3n) is 2.99. The number of halogens is 2. The van der Waals surface area contributed by atoms with Crippen LogP contribution >= 0.6 is 15.9 Å². The Kier molecular flexibility index (Phi) is 9.98. The molecule has 1 aromatic heterocycles. The van der Waals surface area contributed by atoms with Crippen molar-refractivity contribution in [3.63, 3.8) is 0 Å². The summed E-state index contributed by atoms with van der Waals surface area (Å²) in [7, 11) is 2.87. The van der Waals surface area contributed by atoms with E-state index in [-0.39, 0.29) is 21.8 Å². The molecular weight excluding hydrogens is 425 g/mol. The molecule has 9 nitrogen and oxygen atoms in total. The molecule has 1 N–H and O–H groups in total. The van der Waals surface area contributed by atoms with Crippen molar-refractivity contribution in [1.82, 2.24) is 10.3 Å². The lowest BCUT2D eigenvalue weighted by atomic mass is 10.2. The number of benzene rings is 1. The number of nitrogens with zero attached hydrogens (tertiary/aromatic N) is 4. The van der Waals surface area contributed by atoms with E-state index >= 15 is 0 Å². The quantitative estimate of drug-likeness (QED) is 0.219. The van der Waals surface area contributed by atoms with Crippen LogP contribution in [-0.2, 0) is 14.4 Å². The van der Waals surface area contributed by atoms with Gasteiger partial charge in [0, 0.05) is 13.7 Å². The molecule has 148 valence electrons. The van der Waals surface area contributed by atoms with E-state index in [1.54, 1.807) is 7.11 Å². The van der Waals surface area contributed by atoms with Crippen LogP contribution in [0.25, 0.3) is 0 Å². The van der Waals surface area contributed by atoms with E-state index in [4.69, 9.17) is 14.2 Å². The molecule has 11 heteroatoms. The predicted molar refractivity (Wildman–Crippen MR) is 102 cm³/mol. The van der Waals surface area contributed by atoms with E-state index in [2.05, 4.69) is 36.7 Å². The van der Waals surface area contributed by atoms with Gasteiger partial charge in [-0.3, -0.25) is 9.69 Å². The molecule has 0 aliphatic carbocycles. The number of carbonyl (C=O) groups is 1. The fraction of sp³-hybridized carbons (Fsp3) is 0.375. The first-order chi connectivity index (χ1) is 13.1. The number of oxime groups is 1. The summed E-state index contributed by atoms with van der Waals surface area (Å²) in [6.07, 6.45) is 0.491. The number of nitrogens with one attached hydrogen (secondary N) is 1. The Labute approximate surface area is 164 Å². The summed E-state index contributed by atoms with van der Waals surface area (Å²) >= 11 is 3.08. The van der Waals surface area contributed by atoms with Gasteiger partial charge in [-0.15, -0.1) is 0 Å². The van der Waals surface area contributed by atoms with E-state index in [0.29, 0.717) is 25.2 Å². The molecule has 1 amide bonds. The van der Waals surface area contributed by atoms with Crippen molar-refractivity contribution in [1.29, 1.82) is 0 Å². The Bertz CT molecular complexity index is 756. The molecule has 1 aromatic carbocycles. The molecule has 2 aromatic rings. The first-order valence-electron chi connectivity index (χ1n) is 7.98. The first-order valence-corrected chi connectivity index (χ1v) is 8.78. The topological polar surface area (TPSA) is 102 Å². The second-order valence-electron chi connectivity index (χ2n) is 4.55. The zero-order valence-electron chi connectivity index (χ0n) is 15.4. The molecule has 0 aliphatic rings. The molecular formula is C16H21BrFN5O4. The molecule has 0 unspecified atom stereocenters. The van der Waals surface area contributed by atoms with Crippen molar-refractivity contribution in [2.75, 3.05) is 37.6 Å². The lowest BCUT2D eigenvalue weighted by molar-refractivity contribution is -0.106. The van der Waals surface area contributed by atoms with Gasteiger partial charge in [-0.1, -0.05) is 19.0 Å². The molecule has 27 heavy (non-hydrogen) atoms. The Balaban J connectivity index is 0.00000176. The summed E-state index contributed by atoms with van der Waals surface area (Å²) in [6.45, 7) is 4.85. The summed E-state index contributed by atoms with van der Waals surface area (Å²) < 4.78 is 23.3. The number of ether oxygens (including phenoxy) is 1. The fourth-order valence-electron chi connectivity index (χ4n) is 1.88. The van der Waals surface area contributed by atoms with Crippen molar-refractivity contribution in [3.8, 4) is 0 Å². The van der Waals surface area contributed by atoms with Gasteiger partial charge in [0.1, 0.15) is 12.9 Å². The van der Waals surface area contributed by atoms with Crippen LogP contribution in [0.2, 0.25) is 0 Å². The van der Waals surface area contributed by atoms with Gasteiger partial charge < -0.3 is 14.9 Å². The van der Waals surface area contributed by atoms with Crippen LogP contribution in [0.3, 0.4) is 0 Å². The summed E-state index contributed by atoms with van der Waals surface area (Å²) in [5.41, 5.74) is 0.482. The number of carbonyl (C=O) groups excluding carboxylic acids is 1. The molecule has 0 saturated carbocycles. The van der Waals surface area contributed by atoms with Gasteiger partial charge in [0.15, 0.2) is 5.69 Å². The van der Waals surface area contributed by atoms with Crippen LogP contribution in [0, 0.1) is 5.82 Å². The lowest BCUT2D eigenvalue weighted by Crippen LogP contribution is -2.31. The fourth-order valence-corrected chi connectivity index (χ4v) is 2.25. The standard InChI is InChI=1S/C14H15BrFN5O4.C2H6/c1-23-6-5-17-13-12(18-25-19-13)14(20-24-2)21(8-22)9-3-4-11(16)10(15)7-9;1-2/h3-4,7-8H,5-6H2,1-2H3,(H,17,19);1-2H3/b20-14-;. The number of anilines is 2. The minimum Gasteiger partial charge on any atom is -0.397 e. The molecule has 0 fully saturated rings. The molecule has 0 atom stereocenters. The molecule has 0 aliphatic heterocycles. The Hall–Kier alpha value is -2.53. The van der Waals surface area contributed by atoms with Gasteiger partial charge in [0.25, 0.3) is 0 Å². The SMILES string of the molecule is CC.COCCNc1nonc1/C(=N/OC)N(C=O)c1ccc(F)c(Br)c1. The molecule has 0 bridgehead atoms. The summed E-state index contributed by atoms with van der Waals surface area (Å²) in [5, 5.41) is 14.3. The first kappa shape index (κ1) is 22.5. The van der Waals surface area contributed by atoms with E-state index in [1.807, 2.05) is 13.8 Å². The Morgan fingerprint density at radius 3 is 2.74 bits per heavy atom. The predicted octanol–water partition coefficient (Wildman–Crippen LogP) is 3.03. The molecule has 1 heterocycles. The Morgan fingerprint density at radius 2 is 2.15 bits per heavy atom. The van der Waals surface area contributed by atoms with Gasteiger partial charge in [-0.05, 0) is 44.4 Å². The van der Waals surface area contributed by atoms with E-state index in [1.165, 1.54) is 25.3 Å². The number of rotatable bonds is 8. The molecule has 0 radical (unpaired) electrons. The van der Waals surface area contributed by atoms with Crippen LogP contribution in [-0.4, -0.2) is 49.9 Å². The maximum atomic E-state index is 13.5. The minimum absolute atomic E-state index is 0.0113. The van der Waals surface area contributed by atoms with Crippen LogP contribution in [0.4, 0.5) is 15.9 Å². The van der Waals surface area contributed by atoms with Gasteiger partial charge in [0.05, 0.1) is 16.8 Å². The lowest BCUT2D eigenvalue weighted by Gasteiger charge is -2.18.